The van der Waals surface area contributed by atoms with Crippen molar-refractivity contribution in [3.63, 3.8) is 0 Å². The number of ether oxygens (including phenoxy) is 3. The van der Waals surface area contributed by atoms with Gasteiger partial charge in [0.25, 0.3) is 5.91 Å². The molecule has 7 nitrogen and oxygen atoms in total. The van der Waals surface area contributed by atoms with Crippen molar-refractivity contribution in [1.29, 1.82) is 0 Å². The van der Waals surface area contributed by atoms with Gasteiger partial charge in [-0.05, 0) is 62.2 Å². The van der Waals surface area contributed by atoms with Gasteiger partial charge in [0, 0.05) is 45.8 Å². The summed E-state index contributed by atoms with van der Waals surface area (Å²) in [5, 5.41) is 6.33. The van der Waals surface area contributed by atoms with Crippen molar-refractivity contribution in [3.05, 3.63) is 89.0 Å². The van der Waals surface area contributed by atoms with Gasteiger partial charge in [-0.1, -0.05) is 18.2 Å². The molecule has 0 aromatic heterocycles. The summed E-state index contributed by atoms with van der Waals surface area (Å²) in [6, 6.07) is 17.7. The van der Waals surface area contributed by atoms with Crippen LogP contribution in [0.4, 0.5) is 5.69 Å². The quantitative estimate of drug-likeness (QED) is 0.356. The maximum absolute atomic E-state index is 13.3. The third-order valence-electron chi connectivity index (χ3n) is 6.01. The van der Waals surface area contributed by atoms with Crippen molar-refractivity contribution in [1.82, 2.24) is 5.32 Å². The Kier molecular flexibility index (Phi) is 7.01. The van der Waals surface area contributed by atoms with Crippen LogP contribution < -0.4 is 24.8 Å². The molecule has 0 saturated heterocycles. The number of methoxy groups -OCH3 is 3. The minimum Gasteiger partial charge on any atom is -0.497 e. The number of amides is 1. The Morgan fingerprint density at radius 1 is 0.861 bits per heavy atom. The minimum atomic E-state index is -0.341. The van der Waals surface area contributed by atoms with Crippen molar-refractivity contribution in [2.45, 2.75) is 25.8 Å². The zero-order valence-electron chi connectivity index (χ0n) is 21.1. The second kappa shape index (κ2) is 10.2. The molecule has 36 heavy (non-hydrogen) atoms. The van der Waals surface area contributed by atoms with Gasteiger partial charge in [0.2, 0.25) is 0 Å². The van der Waals surface area contributed by atoms with E-state index >= 15 is 0 Å². The molecule has 3 aromatic rings. The Balaban J connectivity index is 1.60. The fraction of sp³-hybridized carbons (Fsp3) is 0.241. The lowest BCUT2D eigenvalue weighted by atomic mass is 9.85. The van der Waals surface area contributed by atoms with Gasteiger partial charge in [0.15, 0.2) is 5.78 Å². The number of fused-ring (bicyclic) bond motifs is 1. The first-order valence-electron chi connectivity index (χ1n) is 11.6. The molecule has 2 N–H and O–H groups in total. The fourth-order valence-corrected chi connectivity index (χ4v) is 4.26. The van der Waals surface area contributed by atoms with E-state index < -0.39 is 0 Å². The molecule has 1 aliphatic rings. The lowest BCUT2D eigenvalue weighted by Crippen LogP contribution is -2.43. The Bertz CT molecular complexity index is 1320. The van der Waals surface area contributed by atoms with Crippen molar-refractivity contribution < 1.29 is 23.8 Å². The van der Waals surface area contributed by atoms with Crippen LogP contribution in [0.5, 0.6) is 17.2 Å². The molecule has 1 amide bonds. The SMILES string of the molecule is COc1cc(OC)cc(C(=O)Nc2cccc(C(=O)C=C3NC(C)(C)Cc4ccc(OC)cc43)c2)c1. The lowest BCUT2D eigenvalue weighted by Gasteiger charge is -2.35. The molecule has 7 heteroatoms. The third kappa shape index (κ3) is 5.51. The van der Waals surface area contributed by atoms with Gasteiger partial charge in [0.1, 0.15) is 17.2 Å². The molecule has 1 heterocycles. The number of rotatable bonds is 7. The summed E-state index contributed by atoms with van der Waals surface area (Å²) in [5.74, 6) is 1.23. The van der Waals surface area contributed by atoms with Crippen LogP contribution in [0.25, 0.3) is 5.70 Å². The first kappa shape index (κ1) is 24.9. The maximum Gasteiger partial charge on any atom is 0.255 e. The maximum atomic E-state index is 13.3. The Hall–Kier alpha value is -4.26. The van der Waals surface area contributed by atoms with Crippen molar-refractivity contribution in [2.24, 2.45) is 0 Å². The summed E-state index contributed by atoms with van der Waals surface area (Å²) >= 11 is 0. The third-order valence-corrected chi connectivity index (χ3v) is 6.01. The molecule has 1 aliphatic heterocycles. The molecule has 0 saturated carbocycles. The fourth-order valence-electron chi connectivity index (χ4n) is 4.26. The van der Waals surface area contributed by atoms with Crippen LogP contribution in [-0.2, 0) is 6.42 Å². The van der Waals surface area contributed by atoms with Gasteiger partial charge in [-0.15, -0.1) is 0 Å². The molecular formula is C29H30N2O5. The summed E-state index contributed by atoms with van der Waals surface area (Å²) in [6.45, 7) is 4.20. The molecule has 0 aliphatic carbocycles. The van der Waals surface area contributed by atoms with E-state index in [-0.39, 0.29) is 17.2 Å². The number of ketones is 1. The number of benzene rings is 3. The summed E-state index contributed by atoms with van der Waals surface area (Å²) in [6.07, 6.45) is 2.43. The van der Waals surface area contributed by atoms with E-state index in [1.165, 1.54) is 14.2 Å². The molecule has 0 spiro atoms. The topological polar surface area (TPSA) is 85.9 Å². The van der Waals surface area contributed by atoms with Crippen LogP contribution in [0, 0.1) is 0 Å². The van der Waals surface area contributed by atoms with Gasteiger partial charge in [-0.25, -0.2) is 0 Å². The molecule has 0 fully saturated rings. The number of hydrogen-bond donors (Lipinski definition) is 2. The number of anilines is 1. The van der Waals surface area contributed by atoms with Crippen molar-refractivity contribution >= 4 is 23.1 Å². The van der Waals surface area contributed by atoms with Gasteiger partial charge >= 0.3 is 0 Å². The zero-order valence-corrected chi connectivity index (χ0v) is 21.1. The van der Waals surface area contributed by atoms with Gasteiger partial charge in [0.05, 0.1) is 21.3 Å². The molecule has 3 aromatic carbocycles. The van der Waals surface area contributed by atoms with E-state index in [9.17, 15) is 9.59 Å². The Labute approximate surface area is 211 Å². The van der Waals surface area contributed by atoms with E-state index in [1.54, 1.807) is 55.7 Å². The average molecular weight is 487 g/mol. The molecule has 0 radical (unpaired) electrons. The van der Waals surface area contributed by atoms with Gasteiger partial charge < -0.3 is 24.8 Å². The number of carbonyl (C=O) groups excluding carboxylic acids is 2. The van der Waals surface area contributed by atoms with Gasteiger partial charge in [-0.3, -0.25) is 9.59 Å². The number of allylic oxidation sites excluding steroid dienone is 1. The molecule has 186 valence electrons. The second-order valence-electron chi connectivity index (χ2n) is 9.27. The smallest absolute Gasteiger partial charge is 0.255 e. The molecule has 4 rings (SSSR count). The van der Waals surface area contributed by atoms with Crippen molar-refractivity contribution in [2.75, 3.05) is 26.6 Å². The highest BCUT2D eigenvalue weighted by Crippen LogP contribution is 2.32. The molecular weight excluding hydrogens is 456 g/mol. The highest BCUT2D eigenvalue weighted by atomic mass is 16.5. The summed E-state index contributed by atoms with van der Waals surface area (Å²) in [4.78, 5) is 26.1. The molecule has 0 unspecified atom stereocenters. The summed E-state index contributed by atoms with van der Waals surface area (Å²) < 4.78 is 15.9. The van der Waals surface area contributed by atoms with E-state index in [4.69, 9.17) is 14.2 Å². The van der Waals surface area contributed by atoms with Crippen LogP contribution in [-0.4, -0.2) is 38.6 Å². The zero-order chi connectivity index (χ0) is 25.9. The highest BCUT2D eigenvalue weighted by molar-refractivity contribution is 6.10. The standard InChI is InChI=1S/C29H30N2O5/c1-29(2)17-19-9-10-22(34-3)15-25(19)26(31-29)16-27(32)18-7-6-8-21(11-18)30-28(33)20-12-23(35-4)14-24(13-20)36-5/h6-16,31H,17H2,1-5H3,(H,30,33). The van der Waals surface area contributed by atoms with Crippen LogP contribution in [0.3, 0.4) is 0 Å². The van der Waals surface area contributed by atoms with E-state index in [0.717, 1.165) is 29.0 Å². The highest BCUT2D eigenvalue weighted by Gasteiger charge is 2.28. The summed E-state index contributed by atoms with van der Waals surface area (Å²) in [5.41, 5.74) is 3.96. The number of hydrogen-bond acceptors (Lipinski definition) is 6. The van der Waals surface area contributed by atoms with Crippen molar-refractivity contribution in [3.8, 4) is 17.2 Å². The predicted octanol–water partition coefficient (Wildman–Crippen LogP) is 5.11. The summed E-state index contributed by atoms with van der Waals surface area (Å²) in [7, 11) is 4.67. The Morgan fingerprint density at radius 2 is 1.56 bits per heavy atom. The van der Waals surface area contributed by atoms with E-state index in [0.29, 0.717) is 28.3 Å². The van der Waals surface area contributed by atoms with E-state index in [1.807, 2.05) is 18.2 Å². The van der Waals surface area contributed by atoms with Crippen LogP contribution >= 0.6 is 0 Å². The van der Waals surface area contributed by atoms with E-state index in [2.05, 4.69) is 24.5 Å². The minimum absolute atomic E-state index is 0.178. The molecule has 0 bridgehead atoms. The second-order valence-corrected chi connectivity index (χ2v) is 9.27. The number of carbonyl (C=O) groups is 2. The van der Waals surface area contributed by atoms with Crippen LogP contribution in [0.2, 0.25) is 0 Å². The predicted molar refractivity (Wildman–Crippen MR) is 140 cm³/mol. The average Bonchev–Trinajstić information content (AvgIpc) is 2.87. The number of nitrogens with one attached hydrogen (secondary N) is 2. The van der Waals surface area contributed by atoms with Gasteiger partial charge in [-0.2, -0.15) is 0 Å². The van der Waals surface area contributed by atoms with Crippen LogP contribution in [0.1, 0.15) is 45.7 Å². The monoisotopic (exact) mass is 486 g/mol. The molecule has 0 atom stereocenters. The Morgan fingerprint density at radius 3 is 2.22 bits per heavy atom. The first-order chi connectivity index (χ1) is 17.2. The first-order valence-corrected chi connectivity index (χ1v) is 11.6. The largest absolute Gasteiger partial charge is 0.497 e. The normalized spacial score (nSPS) is 14.9. The van der Waals surface area contributed by atoms with Crippen LogP contribution in [0.15, 0.2) is 66.7 Å². The lowest BCUT2D eigenvalue weighted by molar-refractivity contribution is 0.102.